The Bertz CT molecular complexity index is 760. The maximum absolute atomic E-state index is 9.92. The number of aromatic nitrogens is 2. The van der Waals surface area contributed by atoms with Gasteiger partial charge in [-0.15, -0.1) is 6.58 Å². The van der Waals surface area contributed by atoms with Gasteiger partial charge in [0.25, 0.3) is 0 Å². The van der Waals surface area contributed by atoms with Gasteiger partial charge in [0.05, 0.1) is 19.8 Å². The van der Waals surface area contributed by atoms with Crippen LogP contribution in [-0.2, 0) is 12.0 Å². The van der Waals surface area contributed by atoms with Crippen molar-refractivity contribution in [2.24, 2.45) is 0 Å². The normalized spacial score (nSPS) is 14.0. The second kappa shape index (κ2) is 6.78. The first-order chi connectivity index (χ1) is 11.3. The van der Waals surface area contributed by atoms with E-state index in [1.165, 1.54) is 5.19 Å². The molecule has 3 nitrogen and oxygen atoms in total. The summed E-state index contributed by atoms with van der Waals surface area (Å²) in [5.41, 5.74) is 2.00. The molecule has 0 saturated carbocycles. The molecule has 125 valence electrons. The molecule has 0 amide bonds. The van der Waals surface area contributed by atoms with Crippen molar-refractivity contribution in [2.45, 2.75) is 45.4 Å². The monoisotopic (exact) mass is 336 g/mol. The van der Waals surface area contributed by atoms with E-state index in [4.69, 9.17) is 0 Å². The highest BCUT2D eigenvalue weighted by Crippen LogP contribution is 2.31. The molecule has 1 heterocycles. The molecule has 0 spiro atoms. The van der Waals surface area contributed by atoms with E-state index < -0.39 is 13.5 Å². The van der Waals surface area contributed by atoms with Crippen LogP contribution >= 0.6 is 0 Å². The summed E-state index contributed by atoms with van der Waals surface area (Å²) in [5.74, 6) is 0. The molecule has 1 radical (unpaired) electrons. The Hall–Kier alpha value is -2.12. The summed E-state index contributed by atoms with van der Waals surface area (Å²) in [6.07, 6.45) is 3.69. The Labute approximate surface area is 146 Å². The largest absolute Gasteiger partial charge is 0.269 e. The van der Waals surface area contributed by atoms with Crippen molar-refractivity contribution in [1.82, 2.24) is 9.78 Å². The van der Waals surface area contributed by atoms with Gasteiger partial charge in [0.1, 0.15) is 5.41 Å². The lowest BCUT2D eigenvalue weighted by atomic mass is 9.78. The van der Waals surface area contributed by atoms with Crippen molar-refractivity contribution in [3.63, 3.8) is 0 Å². The first-order valence-corrected chi connectivity index (χ1v) is 11.8. The maximum Gasteiger partial charge on any atom is 0.109 e. The van der Waals surface area contributed by atoms with Gasteiger partial charge in [0, 0.05) is 18.7 Å². The molecule has 0 aliphatic carbocycles. The van der Waals surface area contributed by atoms with Gasteiger partial charge in [-0.3, -0.25) is 4.68 Å². The highest BCUT2D eigenvalue weighted by Gasteiger charge is 2.31. The Morgan fingerprint density at radius 2 is 1.92 bits per heavy atom. The SMILES string of the molecule is C=CC(C#N)([CH]c1cc(C)nn1CC)c1ccc([Si](C)(C)C)cc1. The fourth-order valence-electron chi connectivity index (χ4n) is 2.82. The van der Waals surface area contributed by atoms with Crippen LogP contribution < -0.4 is 5.19 Å². The lowest BCUT2D eigenvalue weighted by Gasteiger charge is -2.25. The third kappa shape index (κ3) is 3.52. The van der Waals surface area contributed by atoms with E-state index >= 15 is 0 Å². The van der Waals surface area contributed by atoms with Crippen LogP contribution in [0.25, 0.3) is 0 Å². The average Bonchev–Trinajstić information content (AvgIpc) is 2.91. The highest BCUT2D eigenvalue weighted by molar-refractivity contribution is 6.88. The second-order valence-electron chi connectivity index (χ2n) is 7.18. The molecule has 4 heteroatoms. The second-order valence-corrected chi connectivity index (χ2v) is 12.3. The number of hydrogen-bond acceptors (Lipinski definition) is 2. The van der Waals surface area contributed by atoms with Crippen molar-refractivity contribution in [1.29, 1.82) is 5.26 Å². The van der Waals surface area contributed by atoms with Crippen molar-refractivity contribution in [3.8, 4) is 6.07 Å². The van der Waals surface area contributed by atoms with Crippen molar-refractivity contribution in [2.75, 3.05) is 0 Å². The summed E-state index contributed by atoms with van der Waals surface area (Å²) >= 11 is 0. The molecule has 1 atom stereocenters. The van der Waals surface area contributed by atoms with Crippen LogP contribution in [0.4, 0.5) is 0 Å². The van der Waals surface area contributed by atoms with E-state index in [2.05, 4.69) is 68.6 Å². The molecule has 1 aromatic carbocycles. The predicted octanol–water partition coefficient (Wildman–Crippen LogP) is 3.96. The molecule has 2 aromatic rings. The van der Waals surface area contributed by atoms with E-state index in [0.717, 1.165) is 23.5 Å². The molecule has 0 bridgehead atoms. The molecule has 2 rings (SSSR count). The van der Waals surface area contributed by atoms with E-state index in [1.54, 1.807) is 6.08 Å². The van der Waals surface area contributed by atoms with Crippen LogP contribution in [0.2, 0.25) is 19.6 Å². The number of rotatable bonds is 6. The van der Waals surface area contributed by atoms with Gasteiger partial charge in [-0.25, -0.2) is 0 Å². The predicted molar refractivity (Wildman–Crippen MR) is 103 cm³/mol. The number of benzene rings is 1. The van der Waals surface area contributed by atoms with E-state index in [1.807, 2.05) is 24.1 Å². The zero-order valence-corrected chi connectivity index (χ0v) is 16.3. The third-order valence-corrected chi connectivity index (χ3v) is 6.41. The summed E-state index contributed by atoms with van der Waals surface area (Å²) in [4.78, 5) is 0. The summed E-state index contributed by atoms with van der Waals surface area (Å²) in [6, 6.07) is 12.9. The highest BCUT2D eigenvalue weighted by atomic mass is 28.3. The third-order valence-electron chi connectivity index (χ3n) is 4.34. The van der Waals surface area contributed by atoms with Gasteiger partial charge in [-0.1, -0.05) is 55.2 Å². The molecule has 0 aliphatic rings. The van der Waals surface area contributed by atoms with Crippen LogP contribution in [0.5, 0.6) is 0 Å². The van der Waals surface area contributed by atoms with Gasteiger partial charge >= 0.3 is 0 Å². The van der Waals surface area contributed by atoms with Crippen LogP contribution in [0, 0.1) is 24.7 Å². The summed E-state index contributed by atoms with van der Waals surface area (Å²) < 4.78 is 1.92. The fourth-order valence-corrected chi connectivity index (χ4v) is 3.98. The average molecular weight is 337 g/mol. The molecule has 1 unspecified atom stereocenters. The van der Waals surface area contributed by atoms with Gasteiger partial charge in [0.15, 0.2) is 0 Å². The number of hydrogen-bond donors (Lipinski definition) is 0. The number of allylic oxidation sites excluding steroid dienone is 1. The quantitative estimate of drug-likeness (QED) is 0.592. The summed E-state index contributed by atoms with van der Waals surface area (Å²) in [7, 11) is -1.35. The molecular formula is C20H26N3Si. The first kappa shape index (κ1) is 18.2. The minimum atomic E-state index is -1.35. The summed E-state index contributed by atoms with van der Waals surface area (Å²) in [5, 5.41) is 15.8. The minimum Gasteiger partial charge on any atom is -0.269 e. The van der Waals surface area contributed by atoms with Crippen molar-refractivity contribution in [3.05, 3.63) is 66.4 Å². The Kier molecular flexibility index (Phi) is 5.15. The smallest absolute Gasteiger partial charge is 0.109 e. The van der Waals surface area contributed by atoms with Crippen LogP contribution in [0.1, 0.15) is 23.9 Å². The van der Waals surface area contributed by atoms with Gasteiger partial charge in [-0.2, -0.15) is 10.4 Å². The molecule has 0 fully saturated rings. The molecule has 24 heavy (non-hydrogen) atoms. The van der Waals surface area contributed by atoms with Gasteiger partial charge in [0.2, 0.25) is 0 Å². The number of nitrogens with zero attached hydrogens (tertiary/aromatic N) is 3. The van der Waals surface area contributed by atoms with Crippen LogP contribution in [-0.4, -0.2) is 17.9 Å². The zero-order valence-electron chi connectivity index (χ0n) is 15.3. The minimum absolute atomic E-state index is 0.771. The van der Waals surface area contributed by atoms with Gasteiger partial charge < -0.3 is 0 Å². The molecule has 0 aliphatic heterocycles. The Morgan fingerprint density at radius 3 is 2.38 bits per heavy atom. The van der Waals surface area contributed by atoms with E-state index in [-0.39, 0.29) is 0 Å². The van der Waals surface area contributed by atoms with E-state index in [0.29, 0.717) is 0 Å². The number of aryl methyl sites for hydroxylation is 2. The van der Waals surface area contributed by atoms with Gasteiger partial charge in [-0.05, 0) is 25.5 Å². The van der Waals surface area contributed by atoms with Crippen LogP contribution in [0.15, 0.2) is 43.0 Å². The Balaban J connectivity index is 2.44. The molecular weight excluding hydrogens is 310 g/mol. The summed E-state index contributed by atoms with van der Waals surface area (Å²) in [6.45, 7) is 15.7. The van der Waals surface area contributed by atoms with E-state index in [9.17, 15) is 5.26 Å². The first-order valence-electron chi connectivity index (χ1n) is 8.32. The Morgan fingerprint density at radius 1 is 1.29 bits per heavy atom. The fraction of sp³-hybridized carbons (Fsp3) is 0.350. The standard InChI is InChI=1S/C20H26N3Si/c1-7-20(15-21,14-18-13-16(3)22-23(18)8-2)17-9-11-19(12-10-17)24(4,5)6/h7,9-14H,1,8H2,2-6H3. The molecule has 0 N–H and O–H groups in total. The van der Waals surface area contributed by atoms with Crippen LogP contribution in [0.3, 0.4) is 0 Å². The van der Waals surface area contributed by atoms with Crippen molar-refractivity contribution >= 4 is 13.3 Å². The number of nitriles is 1. The molecule has 0 saturated heterocycles. The topological polar surface area (TPSA) is 41.6 Å². The lowest BCUT2D eigenvalue weighted by Crippen LogP contribution is -2.37. The van der Waals surface area contributed by atoms with Crippen molar-refractivity contribution < 1.29 is 0 Å². The zero-order chi connectivity index (χ0) is 18.0. The lowest BCUT2D eigenvalue weighted by molar-refractivity contribution is 0.624. The maximum atomic E-state index is 9.92. The molecule has 1 aromatic heterocycles.